The highest BCUT2D eigenvalue weighted by molar-refractivity contribution is 7.91. The molecule has 0 bridgehead atoms. The van der Waals surface area contributed by atoms with Crippen LogP contribution in [0.25, 0.3) is 0 Å². The van der Waals surface area contributed by atoms with E-state index in [0.717, 1.165) is 0 Å². The van der Waals surface area contributed by atoms with Crippen LogP contribution < -0.4 is 5.14 Å². The molecule has 5 nitrogen and oxygen atoms in total. The van der Waals surface area contributed by atoms with Crippen LogP contribution in [0, 0.1) is 0 Å². The SMILES string of the molecule is NS(=O)(=O)CCCCCS(=O)(=O)CCCC(F)(F)F. The normalized spacial score (nSPS) is 13.7. The highest BCUT2D eigenvalue weighted by atomic mass is 32.2. The highest BCUT2D eigenvalue weighted by Gasteiger charge is 2.27. The molecule has 0 amide bonds. The summed E-state index contributed by atoms with van der Waals surface area (Å²) < 4.78 is 79.4. The fourth-order valence-corrected chi connectivity index (χ4v) is 3.44. The fraction of sp³-hybridized carbons (Fsp3) is 1.00. The van der Waals surface area contributed by atoms with Gasteiger partial charge in [0.05, 0.1) is 17.3 Å². The van der Waals surface area contributed by atoms with Gasteiger partial charge in [-0.05, 0) is 19.3 Å². The maximum absolute atomic E-state index is 11.8. The van der Waals surface area contributed by atoms with E-state index in [9.17, 15) is 30.0 Å². The fourth-order valence-electron chi connectivity index (χ4n) is 1.40. The molecule has 0 rings (SSSR count). The van der Waals surface area contributed by atoms with Gasteiger partial charge in [0.1, 0.15) is 9.84 Å². The maximum Gasteiger partial charge on any atom is 0.389 e. The first-order valence-electron chi connectivity index (χ1n) is 5.69. The van der Waals surface area contributed by atoms with E-state index in [4.69, 9.17) is 5.14 Å². The lowest BCUT2D eigenvalue weighted by atomic mass is 10.3. The summed E-state index contributed by atoms with van der Waals surface area (Å²) in [5, 5.41) is 4.76. The van der Waals surface area contributed by atoms with E-state index in [1.807, 2.05) is 0 Å². The van der Waals surface area contributed by atoms with Crippen molar-refractivity contribution in [3.8, 4) is 0 Å². The third kappa shape index (κ3) is 13.9. The molecular weight excluding hydrogens is 307 g/mol. The van der Waals surface area contributed by atoms with Crippen molar-refractivity contribution in [2.45, 2.75) is 38.3 Å². The first-order chi connectivity index (χ1) is 8.41. The number of hydrogen-bond acceptors (Lipinski definition) is 4. The van der Waals surface area contributed by atoms with Crippen LogP contribution >= 0.6 is 0 Å². The zero-order chi connectivity index (χ0) is 15.2. The quantitative estimate of drug-likeness (QED) is 0.645. The van der Waals surface area contributed by atoms with Gasteiger partial charge in [0.15, 0.2) is 0 Å². The molecule has 0 saturated heterocycles. The van der Waals surface area contributed by atoms with Crippen molar-refractivity contribution in [1.82, 2.24) is 0 Å². The van der Waals surface area contributed by atoms with Crippen LogP contribution in [0.1, 0.15) is 32.1 Å². The van der Waals surface area contributed by atoms with E-state index in [1.165, 1.54) is 0 Å². The monoisotopic (exact) mass is 325 g/mol. The minimum Gasteiger partial charge on any atom is -0.229 e. The molecule has 0 radical (unpaired) electrons. The van der Waals surface area contributed by atoms with Crippen molar-refractivity contribution in [2.24, 2.45) is 5.14 Å². The Balaban J connectivity index is 3.80. The summed E-state index contributed by atoms with van der Waals surface area (Å²) in [5.41, 5.74) is 0. The second-order valence-electron chi connectivity index (χ2n) is 4.30. The first kappa shape index (κ1) is 18.7. The van der Waals surface area contributed by atoms with Gasteiger partial charge in [-0.25, -0.2) is 22.0 Å². The number of sulfonamides is 1. The lowest BCUT2D eigenvalue weighted by Gasteiger charge is -2.06. The molecule has 0 aliphatic rings. The Morgan fingerprint density at radius 3 is 1.74 bits per heavy atom. The minimum atomic E-state index is -4.34. The molecule has 19 heavy (non-hydrogen) atoms. The average molecular weight is 325 g/mol. The Morgan fingerprint density at radius 2 is 1.26 bits per heavy atom. The molecule has 0 aliphatic heterocycles. The van der Waals surface area contributed by atoms with Gasteiger partial charge in [-0.2, -0.15) is 13.2 Å². The zero-order valence-corrected chi connectivity index (χ0v) is 12.0. The summed E-state index contributed by atoms with van der Waals surface area (Å²) in [7, 11) is -7.05. The Kier molecular flexibility index (Phi) is 7.30. The average Bonchev–Trinajstić information content (AvgIpc) is 2.12. The summed E-state index contributed by atoms with van der Waals surface area (Å²) in [6.45, 7) is 0. The number of halogens is 3. The van der Waals surface area contributed by atoms with Crippen LogP contribution in [0.15, 0.2) is 0 Å². The van der Waals surface area contributed by atoms with E-state index in [1.54, 1.807) is 0 Å². The molecule has 0 aromatic carbocycles. The number of primary sulfonamides is 1. The summed E-state index contributed by atoms with van der Waals surface area (Å²) in [4.78, 5) is 0. The van der Waals surface area contributed by atoms with E-state index in [-0.39, 0.29) is 24.3 Å². The minimum absolute atomic E-state index is 0.221. The predicted molar refractivity (Wildman–Crippen MR) is 65.8 cm³/mol. The molecule has 0 aromatic heterocycles. The van der Waals surface area contributed by atoms with E-state index in [0.29, 0.717) is 6.42 Å². The van der Waals surface area contributed by atoms with Crippen molar-refractivity contribution in [3.63, 3.8) is 0 Å². The number of sulfone groups is 1. The number of unbranched alkanes of at least 4 members (excludes halogenated alkanes) is 2. The lowest BCUT2D eigenvalue weighted by Crippen LogP contribution is -2.17. The van der Waals surface area contributed by atoms with E-state index in [2.05, 4.69) is 0 Å². The van der Waals surface area contributed by atoms with Gasteiger partial charge in [-0.1, -0.05) is 6.42 Å². The van der Waals surface area contributed by atoms with Gasteiger partial charge >= 0.3 is 6.18 Å². The third-order valence-electron chi connectivity index (χ3n) is 2.30. The van der Waals surface area contributed by atoms with Crippen molar-refractivity contribution < 1.29 is 30.0 Å². The summed E-state index contributed by atoms with van der Waals surface area (Å²) in [6, 6.07) is 0. The zero-order valence-electron chi connectivity index (χ0n) is 10.3. The lowest BCUT2D eigenvalue weighted by molar-refractivity contribution is -0.134. The summed E-state index contributed by atoms with van der Waals surface area (Å²) >= 11 is 0. The molecule has 0 fully saturated rings. The Bertz CT molecular complexity index is 456. The van der Waals surface area contributed by atoms with Gasteiger partial charge < -0.3 is 0 Å². The van der Waals surface area contributed by atoms with Crippen molar-refractivity contribution in [2.75, 3.05) is 17.3 Å². The number of alkyl halides is 3. The molecule has 0 aliphatic carbocycles. The second kappa shape index (κ2) is 7.44. The second-order valence-corrected chi connectivity index (χ2v) is 8.34. The van der Waals surface area contributed by atoms with Crippen molar-refractivity contribution >= 4 is 19.9 Å². The van der Waals surface area contributed by atoms with Crippen LogP contribution in [-0.4, -0.2) is 40.3 Å². The first-order valence-corrected chi connectivity index (χ1v) is 9.23. The smallest absolute Gasteiger partial charge is 0.229 e. The molecule has 0 atom stereocenters. The van der Waals surface area contributed by atoms with Crippen LogP contribution in [0.4, 0.5) is 13.2 Å². The Morgan fingerprint density at radius 1 is 0.789 bits per heavy atom. The van der Waals surface area contributed by atoms with E-state index < -0.39 is 44.6 Å². The van der Waals surface area contributed by atoms with E-state index >= 15 is 0 Å². The number of hydrogen-bond donors (Lipinski definition) is 1. The summed E-state index contributed by atoms with van der Waals surface area (Å²) in [6.07, 6.45) is -5.07. The summed E-state index contributed by atoms with van der Waals surface area (Å²) in [5.74, 6) is -0.946. The molecule has 0 heterocycles. The topological polar surface area (TPSA) is 94.3 Å². The molecule has 0 unspecified atom stereocenters. The van der Waals surface area contributed by atoms with Gasteiger partial charge in [-0.3, -0.25) is 0 Å². The molecule has 2 N–H and O–H groups in total. The maximum atomic E-state index is 11.8. The van der Waals surface area contributed by atoms with Crippen molar-refractivity contribution in [1.29, 1.82) is 0 Å². The molecule has 10 heteroatoms. The molecule has 0 saturated carbocycles. The molecular formula is C9H18F3NO4S2. The number of rotatable bonds is 9. The third-order valence-corrected chi connectivity index (χ3v) is 4.98. The standard InChI is InChI=1S/C9H18F3NO4S2/c10-9(11,12)5-4-7-18(14,15)6-2-1-3-8-19(13,16)17/h1-8H2,(H2,13,16,17). The van der Waals surface area contributed by atoms with Crippen LogP contribution in [-0.2, 0) is 19.9 Å². The van der Waals surface area contributed by atoms with Gasteiger partial charge in [0, 0.05) is 6.42 Å². The Labute approximate surface area is 111 Å². The molecule has 0 spiro atoms. The molecule has 0 aromatic rings. The largest absolute Gasteiger partial charge is 0.389 e. The highest BCUT2D eigenvalue weighted by Crippen LogP contribution is 2.21. The van der Waals surface area contributed by atoms with Crippen molar-refractivity contribution in [3.05, 3.63) is 0 Å². The van der Waals surface area contributed by atoms with Gasteiger partial charge in [0.2, 0.25) is 10.0 Å². The van der Waals surface area contributed by atoms with Crippen LogP contribution in [0.3, 0.4) is 0 Å². The van der Waals surface area contributed by atoms with Crippen LogP contribution in [0.2, 0.25) is 0 Å². The van der Waals surface area contributed by atoms with Crippen LogP contribution in [0.5, 0.6) is 0 Å². The predicted octanol–water partition coefficient (Wildman–Crippen LogP) is 1.20. The number of nitrogens with two attached hydrogens (primary N) is 1. The molecule has 116 valence electrons. The van der Waals surface area contributed by atoms with Gasteiger partial charge in [0.25, 0.3) is 0 Å². The van der Waals surface area contributed by atoms with Gasteiger partial charge in [-0.15, -0.1) is 0 Å². The Hall–Kier alpha value is -0.350.